The second-order valence-corrected chi connectivity index (χ2v) is 5.13. The number of amides is 2. The van der Waals surface area contributed by atoms with Crippen LogP contribution in [0.25, 0.3) is 0 Å². The van der Waals surface area contributed by atoms with Gasteiger partial charge in [0.25, 0.3) is 11.8 Å². The van der Waals surface area contributed by atoms with E-state index in [2.05, 4.69) is 0 Å². The van der Waals surface area contributed by atoms with E-state index in [4.69, 9.17) is 5.11 Å². The molecule has 0 bridgehead atoms. The van der Waals surface area contributed by atoms with Gasteiger partial charge in [-0.25, -0.2) is 0 Å². The molecule has 8 heteroatoms. The zero-order valence-electron chi connectivity index (χ0n) is 11.8. The molecule has 1 aliphatic heterocycles. The van der Waals surface area contributed by atoms with Crippen LogP contribution in [-0.2, 0) is 0 Å². The minimum absolute atomic E-state index is 0.0343. The molecule has 0 aliphatic carbocycles. The molecule has 1 unspecified atom stereocenters. The van der Waals surface area contributed by atoms with Gasteiger partial charge in [-0.1, -0.05) is 12.1 Å². The standard InChI is InChI=1S/C14H15F3N2O3/c1-18(8-11(20)14(15,16)17)6-7-19-12(21)9-4-2-3-5-10(9)13(19)22/h2-5,11,20H,6-8H2,1H3. The van der Waals surface area contributed by atoms with Crippen LogP contribution in [-0.4, -0.2) is 65.7 Å². The topological polar surface area (TPSA) is 60.9 Å². The minimum atomic E-state index is -4.69. The number of rotatable bonds is 5. The van der Waals surface area contributed by atoms with E-state index >= 15 is 0 Å². The quantitative estimate of drug-likeness (QED) is 0.828. The van der Waals surface area contributed by atoms with Gasteiger partial charge in [0, 0.05) is 19.6 Å². The third-order valence-corrected chi connectivity index (χ3v) is 3.45. The van der Waals surface area contributed by atoms with E-state index in [9.17, 15) is 22.8 Å². The number of imide groups is 1. The first-order valence-electron chi connectivity index (χ1n) is 6.60. The van der Waals surface area contributed by atoms with Gasteiger partial charge >= 0.3 is 6.18 Å². The Morgan fingerprint density at radius 2 is 1.68 bits per heavy atom. The van der Waals surface area contributed by atoms with Crippen LogP contribution in [0.1, 0.15) is 20.7 Å². The number of alkyl halides is 3. The van der Waals surface area contributed by atoms with Crippen molar-refractivity contribution in [1.29, 1.82) is 0 Å². The first-order chi connectivity index (χ1) is 10.2. The number of fused-ring (bicyclic) bond motifs is 1. The third-order valence-electron chi connectivity index (χ3n) is 3.45. The van der Waals surface area contributed by atoms with Gasteiger partial charge in [-0.2, -0.15) is 13.2 Å². The average Bonchev–Trinajstić information content (AvgIpc) is 2.68. The maximum Gasteiger partial charge on any atom is 0.415 e. The SMILES string of the molecule is CN(CCN1C(=O)c2ccccc2C1=O)CC(O)C(F)(F)F. The summed E-state index contributed by atoms with van der Waals surface area (Å²) in [5, 5.41) is 8.98. The highest BCUT2D eigenvalue weighted by Gasteiger charge is 2.39. The number of aliphatic hydroxyl groups excluding tert-OH is 1. The highest BCUT2D eigenvalue weighted by atomic mass is 19.4. The second-order valence-electron chi connectivity index (χ2n) is 5.13. The molecule has 0 radical (unpaired) electrons. The molecule has 1 atom stereocenters. The highest BCUT2D eigenvalue weighted by Crippen LogP contribution is 2.23. The van der Waals surface area contributed by atoms with Crippen LogP contribution in [0.4, 0.5) is 13.2 Å². The van der Waals surface area contributed by atoms with E-state index in [-0.39, 0.29) is 13.1 Å². The Morgan fingerprint density at radius 1 is 1.18 bits per heavy atom. The average molecular weight is 316 g/mol. The Hall–Kier alpha value is -1.93. The maximum absolute atomic E-state index is 12.3. The Bertz CT molecular complexity index is 554. The second kappa shape index (κ2) is 6.05. The number of nitrogens with zero attached hydrogens (tertiary/aromatic N) is 2. The predicted molar refractivity (Wildman–Crippen MR) is 71.4 cm³/mol. The molecule has 0 aromatic heterocycles. The number of halogens is 3. The Balaban J connectivity index is 1.93. The summed E-state index contributed by atoms with van der Waals surface area (Å²) in [5.41, 5.74) is 0.593. The lowest BCUT2D eigenvalue weighted by Gasteiger charge is -2.24. The zero-order chi connectivity index (χ0) is 16.5. The molecular formula is C14H15F3N2O3. The molecule has 2 amide bonds. The van der Waals surface area contributed by atoms with Crippen LogP contribution in [0.2, 0.25) is 0 Å². The summed E-state index contributed by atoms with van der Waals surface area (Å²) in [6, 6.07) is 6.35. The number of hydrogen-bond donors (Lipinski definition) is 1. The van der Waals surface area contributed by atoms with E-state index in [1.807, 2.05) is 0 Å². The summed E-state index contributed by atoms with van der Waals surface area (Å²) in [6.45, 7) is -0.612. The van der Waals surface area contributed by atoms with Crippen LogP contribution in [0, 0.1) is 0 Å². The van der Waals surface area contributed by atoms with Gasteiger partial charge in [-0.05, 0) is 19.2 Å². The monoisotopic (exact) mass is 316 g/mol. The van der Waals surface area contributed by atoms with Crippen molar-refractivity contribution in [3.63, 3.8) is 0 Å². The lowest BCUT2D eigenvalue weighted by molar-refractivity contribution is -0.207. The van der Waals surface area contributed by atoms with Crippen molar-refractivity contribution >= 4 is 11.8 Å². The van der Waals surface area contributed by atoms with Gasteiger partial charge in [0.1, 0.15) is 0 Å². The number of aliphatic hydroxyl groups is 1. The molecule has 120 valence electrons. The van der Waals surface area contributed by atoms with Gasteiger partial charge in [-0.3, -0.25) is 14.5 Å². The summed E-state index contributed by atoms with van der Waals surface area (Å²) in [7, 11) is 1.38. The largest absolute Gasteiger partial charge is 0.415 e. The Labute approximate surface area is 124 Å². The highest BCUT2D eigenvalue weighted by molar-refractivity contribution is 6.21. The van der Waals surface area contributed by atoms with Crippen LogP contribution < -0.4 is 0 Å². The number of carbonyl (C=O) groups excluding carboxylic acids is 2. The van der Waals surface area contributed by atoms with E-state index in [0.29, 0.717) is 11.1 Å². The molecule has 0 saturated carbocycles. The van der Waals surface area contributed by atoms with Gasteiger partial charge in [0.2, 0.25) is 0 Å². The summed E-state index contributed by atoms with van der Waals surface area (Å²) in [4.78, 5) is 26.3. The van der Waals surface area contributed by atoms with Crippen LogP contribution >= 0.6 is 0 Å². The molecule has 1 aromatic rings. The zero-order valence-corrected chi connectivity index (χ0v) is 11.8. The Kier molecular flexibility index (Phi) is 4.52. The van der Waals surface area contributed by atoms with Crippen LogP contribution in [0.3, 0.4) is 0 Å². The first-order valence-corrected chi connectivity index (χ1v) is 6.60. The van der Waals surface area contributed by atoms with Crippen molar-refractivity contribution in [2.75, 3.05) is 26.7 Å². The summed E-state index contributed by atoms with van der Waals surface area (Å²) in [6.07, 6.45) is -7.15. The van der Waals surface area contributed by atoms with E-state index in [0.717, 1.165) is 4.90 Å². The molecule has 5 nitrogen and oxygen atoms in total. The normalized spacial score (nSPS) is 16.4. The lowest BCUT2D eigenvalue weighted by atomic mass is 10.1. The van der Waals surface area contributed by atoms with E-state index in [1.165, 1.54) is 24.1 Å². The van der Waals surface area contributed by atoms with Crippen molar-refractivity contribution < 1.29 is 27.9 Å². The summed E-state index contributed by atoms with van der Waals surface area (Å²) < 4.78 is 36.8. The first kappa shape index (κ1) is 16.4. The van der Waals surface area contributed by atoms with Crippen molar-refractivity contribution in [2.45, 2.75) is 12.3 Å². The molecule has 1 aliphatic rings. The minimum Gasteiger partial charge on any atom is -0.382 e. The van der Waals surface area contributed by atoms with E-state index in [1.54, 1.807) is 12.1 Å². The molecule has 0 spiro atoms. The van der Waals surface area contributed by atoms with Crippen LogP contribution in [0.15, 0.2) is 24.3 Å². The summed E-state index contributed by atoms with van der Waals surface area (Å²) >= 11 is 0. The van der Waals surface area contributed by atoms with Gasteiger partial charge in [0.05, 0.1) is 11.1 Å². The smallest absolute Gasteiger partial charge is 0.382 e. The van der Waals surface area contributed by atoms with Crippen molar-refractivity contribution in [3.8, 4) is 0 Å². The fourth-order valence-corrected chi connectivity index (χ4v) is 2.20. The molecule has 1 N–H and O–H groups in total. The van der Waals surface area contributed by atoms with Gasteiger partial charge in [0.15, 0.2) is 6.10 Å². The third kappa shape index (κ3) is 3.28. The molecule has 1 aromatic carbocycles. The van der Waals surface area contributed by atoms with Crippen molar-refractivity contribution in [2.24, 2.45) is 0 Å². The Morgan fingerprint density at radius 3 is 2.14 bits per heavy atom. The molecule has 0 saturated heterocycles. The maximum atomic E-state index is 12.3. The number of benzene rings is 1. The number of carbonyl (C=O) groups is 2. The molecule has 1 heterocycles. The van der Waals surface area contributed by atoms with Crippen LogP contribution in [0.5, 0.6) is 0 Å². The molecule has 2 rings (SSSR count). The van der Waals surface area contributed by atoms with Gasteiger partial charge < -0.3 is 10.0 Å². The predicted octanol–water partition coefficient (Wildman–Crippen LogP) is 1.14. The van der Waals surface area contributed by atoms with Crippen molar-refractivity contribution in [3.05, 3.63) is 35.4 Å². The molecule has 22 heavy (non-hydrogen) atoms. The number of hydrogen-bond acceptors (Lipinski definition) is 4. The van der Waals surface area contributed by atoms with Gasteiger partial charge in [-0.15, -0.1) is 0 Å². The fourth-order valence-electron chi connectivity index (χ4n) is 2.20. The van der Waals surface area contributed by atoms with E-state index < -0.39 is 30.6 Å². The number of likely N-dealkylation sites (N-methyl/N-ethyl adjacent to an activating group) is 1. The molecular weight excluding hydrogens is 301 g/mol. The lowest BCUT2D eigenvalue weighted by Crippen LogP contribution is -2.43. The fraction of sp³-hybridized carbons (Fsp3) is 0.429. The summed E-state index contributed by atoms with van der Waals surface area (Å²) in [5.74, 6) is -0.907. The molecule has 0 fully saturated rings. The van der Waals surface area contributed by atoms with Crippen molar-refractivity contribution in [1.82, 2.24) is 9.80 Å².